The predicted molar refractivity (Wildman–Crippen MR) is 70.3 cm³/mol. The van der Waals surface area contributed by atoms with Crippen molar-refractivity contribution in [1.82, 2.24) is 15.1 Å². The molecule has 9 nitrogen and oxygen atoms in total. The van der Waals surface area contributed by atoms with E-state index in [1.54, 1.807) is 13.8 Å². The van der Waals surface area contributed by atoms with Gasteiger partial charge in [-0.1, -0.05) is 0 Å². The highest BCUT2D eigenvalue weighted by Gasteiger charge is 2.22. The van der Waals surface area contributed by atoms with Gasteiger partial charge in [-0.2, -0.15) is 5.10 Å². The predicted octanol–water partition coefficient (Wildman–Crippen LogP) is -1.29. The van der Waals surface area contributed by atoms with Crippen molar-refractivity contribution in [3.63, 3.8) is 0 Å². The first-order chi connectivity index (χ1) is 9.40. The van der Waals surface area contributed by atoms with Crippen LogP contribution in [0.1, 0.15) is 11.4 Å². The summed E-state index contributed by atoms with van der Waals surface area (Å²) in [5, 5.41) is 45.3. The highest BCUT2D eigenvalue weighted by atomic mass is 16.6. The van der Waals surface area contributed by atoms with Crippen LogP contribution in [-0.4, -0.2) is 61.9 Å². The van der Waals surface area contributed by atoms with Gasteiger partial charge in [-0.3, -0.25) is 14.8 Å². The van der Waals surface area contributed by atoms with Crippen molar-refractivity contribution < 1.29 is 20.2 Å². The Bertz CT molecular complexity index is 458. The third kappa shape index (κ3) is 3.97. The van der Waals surface area contributed by atoms with Crippen LogP contribution in [0.5, 0.6) is 0 Å². The Morgan fingerprint density at radius 2 is 2.00 bits per heavy atom. The molecule has 0 saturated heterocycles. The maximum Gasteiger partial charge on any atom is 0.312 e. The van der Waals surface area contributed by atoms with Crippen molar-refractivity contribution in [1.29, 1.82) is 0 Å². The maximum absolute atomic E-state index is 10.9. The van der Waals surface area contributed by atoms with Gasteiger partial charge in [0.05, 0.1) is 36.8 Å². The largest absolute Gasteiger partial charge is 0.395 e. The minimum Gasteiger partial charge on any atom is -0.395 e. The van der Waals surface area contributed by atoms with Gasteiger partial charge in [-0.25, -0.2) is 0 Å². The van der Waals surface area contributed by atoms with Crippen LogP contribution in [0.3, 0.4) is 0 Å². The summed E-state index contributed by atoms with van der Waals surface area (Å²) in [6, 6.07) is -0.501. The molecule has 0 aromatic carbocycles. The lowest BCUT2D eigenvalue weighted by Gasteiger charge is -2.17. The van der Waals surface area contributed by atoms with Gasteiger partial charge >= 0.3 is 5.69 Å². The molecule has 1 rings (SSSR count). The molecular formula is C11H20N4O5. The molecule has 0 bridgehead atoms. The Morgan fingerprint density at radius 1 is 1.40 bits per heavy atom. The van der Waals surface area contributed by atoms with E-state index >= 15 is 0 Å². The molecule has 1 unspecified atom stereocenters. The lowest BCUT2D eigenvalue weighted by Crippen LogP contribution is -2.41. The Balaban J connectivity index is 2.65. The number of nitrogens with one attached hydrogen (secondary N) is 1. The molecule has 0 aliphatic carbocycles. The summed E-state index contributed by atoms with van der Waals surface area (Å²) in [6.07, 6.45) is -0.840. The van der Waals surface area contributed by atoms with Crippen LogP contribution in [0, 0.1) is 24.0 Å². The number of aryl methyl sites for hydroxylation is 1. The van der Waals surface area contributed by atoms with Crippen molar-refractivity contribution in [3.05, 3.63) is 21.5 Å². The molecule has 0 radical (unpaired) electrons. The monoisotopic (exact) mass is 288 g/mol. The molecule has 20 heavy (non-hydrogen) atoms. The van der Waals surface area contributed by atoms with Crippen LogP contribution < -0.4 is 5.32 Å². The maximum atomic E-state index is 10.9. The first kappa shape index (κ1) is 16.5. The van der Waals surface area contributed by atoms with Gasteiger partial charge in [0.2, 0.25) is 0 Å². The van der Waals surface area contributed by atoms with E-state index in [9.17, 15) is 15.2 Å². The number of rotatable bonds is 8. The number of aromatic nitrogens is 2. The lowest BCUT2D eigenvalue weighted by atomic mass is 10.3. The van der Waals surface area contributed by atoms with Gasteiger partial charge in [0.25, 0.3) is 0 Å². The van der Waals surface area contributed by atoms with E-state index in [-0.39, 0.29) is 32.0 Å². The minimum absolute atomic E-state index is 0.0475. The Labute approximate surface area is 116 Å². The summed E-state index contributed by atoms with van der Waals surface area (Å²) in [4.78, 5) is 10.4. The van der Waals surface area contributed by atoms with Gasteiger partial charge in [0.1, 0.15) is 11.4 Å². The zero-order valence-corrected chi connectivity index (χ0v) is 11.5. The molecule has 1 heterocycles. The van der Waals surface area contributed by atoms with Gasteiger partial charge < -0.3 is 20.6 Å². The molecule has 0 amide bonds. The quantitative estimate of drug-likeness (QED) is 0.345. The summed E-state index contributed by atoms with van der Waals surface area (Å²) in [5.41, 5.74) is 0.637. The Morgan fingerprint density at radius 3 is 2.45 bits per heavy atom. The fourth-order valence-electron chi connectivity index (χ4n) is 1.88. The molecule has 1 aromatic rings. The van der Waals surface area contributed by atoms with Crippen LogP contribution in [0.25, 0.3) is 0 Å². The van der Waals surface area contributed by atoms with E-state index in [1.165, 1.54) is 4.68 Å². The van der Waals surface area contributed by atoms with Crippen molar-refractivity contribution in [3.8, 4) is 0 Å². The summed E-state index contributed by atoms with van der Waals surface area (Å²) < 4.78 is 1.38. The highest BCUT2D eigenvalue weighted by Crippen LogP contribution is 2.21. The van der Waals surface area contributed by atoms with Gasteiger partial charge in [0, 0.05) is 6.54 Å². The number of aliphatic hydroxyl groups is 3. The lowest BCUT2D eigenvalue weighted by molar-refractivity contribution is -0.386. The van der Waals surface area contributed by atoms with Crippen LogP contribution in [0.4, 0.5) is 5.69 Å². The molecule has 0 spiro atoms. The number of hydrogen-bond donors (Lipinski definition) is 4. The summed E-state index contributed by atoms with van der Waals surface area (Å²) in [6.45, 7) is 2.86. The molecule has 1 atom stereocenters. The van der Waals surface area contributed by atoms with Crippen molar-refractivity contribution >= 4 is 5.69 Å². The van der Waals surface area contributed by atoms with Crippen molar-refractivity contribution in [2.24, 2.45) is 0 Å². The summed E-state index contributed by atoms with van der Waals surface area (Å²) in [5.74, 6) is 0. The topological polar surface area (TPSA) is 134 Å². The summed E-state index contributed by atoms with van der Waals surface area (Å²) in [7, 11) is 0. The van der Waals surface area contributed by atoms with Crippen LogP contribution >= 0.6 is 0 Å². The number of nitrogens with zero attached hydrogens (tertiary/aromatic N) is 3. The highest BCUT2D eigenvalue weighted by molar-refractivity contribution is 5.39. The molecule has 0 fully saturated rings. The normalized spacial score (nSPS) is 12.9. The third-order valence-electron chi connectivity index (χ3n) is 2.99. The number of hydrogen-bond acceptors (Lipinski definition) is 7. The van der Waals surface area contributed by atoms with Gasteiger partial charge in [-0.15, -0.1) is 0 Å². The average Bonchev–Trinajstić information content (AvgIpc) is 2.65. The molecule has 0 aliphatic rings. The fraction of sp³-hybridized carbons (Fsp3) is 0.727. The zero-order valence-electron chi connectivity index (χ0n) is 11.5. The number of nitro groups is 1. The second kappa shape index (κ2) is 7.29. The average molecular weight is 288 g/mol. The van der Waals surface area contributed by atoms with E-state index in [2.05, 4.69) is 10.4 Å². The fourth-order valence-corrected chi connectivity index (χ4v) is 1.88. The van der Waals surface area contributed by atoms with Crippen LogP contribution in [0.2, 0.25) is 0 Å². The number of aliphatic hydroxyl groups excluding tert-OH is 3. The Kier molecular flexibility index (Phi) is 6.02. The molecular weight excluding hydrogens is 268 g/mol. The molecule has 0 aliphatic heterocycles. The van der Waals surface area contributed by atoms with E-state index in [4.69, 9.17) is 10.2 Å². The summed E-state index contributed by atoms with van der Waals surface area (Å²) >= 11 is 0. The third-order valence-corrected chi connectivity index (χ3v) is 2.99. The molecule has 9 heteroatoms. The van der Waals surface area contributed by atoms with E-state index in [0.717, 1.165) is 0 Å². The standard InChI is InChI=1S/C11H20N4O5/c1-7-11(15(19)20)8(2)14(13-7)4-10(18)3-12-9(5-16)6-17/h9-10,12,16-18H,3-6H2,1-2H3. The molecule has 114 valence electrons. The van der Waals surface area contributed by atoms with Gasteiger partial charge in [-0.05, 0) is 13.8 Å². The van der Waals surface area contributed by atoms with Crippen LogP contribution in [0.15, 0.2) is 0 Å². The second-order valence-corrected chi connectivity index (χ2v) is 4.58. The smallest absolute Gasteiger partial charge is 0.312 e. The van der Waals surface area contributed by atoms with Gasteiger partial charge in [0.15, 0.2) is 0 Å². The first-order valence-corrected chi connectivity index (χ1v) is 6.22. The molecule has 0 saturated carbocycles. The van der Waals surface area contributed by atoms with Crippen molar-refractivity contribution in [2.75, 3.05) is 19.8 Å². The minimum atomic E-state index is -0.840. The molecule has 1 aromatic heterocycles. The SMILES string of the molecule is Cc1nn(CC(O)CNC(CO)CO)c(C)c1[N+](=O)[O-]. The van der Waals surface area contributed by atoms with Crippen molar-refractivity contribution in [2.45, 2.75) is 32.5 Å². The second-order valence-electron chi connectivity index (χ2n) is 4.58. The Hall–Kier alpha value is -1.55. The zero-order chi connectivity index (χ0) is 15.3. The first-order valence-electron chi connectivity index (χ1n) is 6.22. The van der Waals surface area contributed by atoms with Crippen LogP contribution in [-0.2, 0) is 6.54 Å². The van der Waals surface area contributed by atoms with E-state index in [1.807, 2.05) is 0 Å². The van der Waals surface area contributed by atoms with E-state index in [0.29, 0.717) is 11.4 Å². The van der Waals surface area contributed by atoms with E-state index < -0.39 is 17.1 Å². The molecule has 4 N–H and O–H groups in total.